The summed E-state index contributed by atoms with van der Waals surface area (Å²) in [4.78, 5) is 90.8. The number of urea groups is 1. The second-order valence-corrected chi connectivity index (χ2v) is 20.9. The van der Waals surface area contributed by atoms with Crippen LogP contribution in [-0.4, -0.2) is 113 Å². The number of piperidine rings is 1. The summed E-state index contributed by atoms with van der Waals surface area (Å²) in [6.07, 6.45) is 8.69. The zero-order chi connectivity index (χ0) is 56.9. The van der Waals surface area contributed by atoms with Gasteiger partial charge in [-0.05, 0) is 88.5 Å². The summed E-state index contributed by atoms with van der Waals surface area (Å²) in [5.41, 5.74) is 3.46. The molecule has 6 amide bonds. The van der Waals surface area contributed by atoms with Crippen LogP contribution in [0.25, 0.3) is 10.9 Å². The zero-order valence-electron chi connectivity index (χ0n) is 46.1. The minimum atomic E-state index is -0.708. The number of fused-ring (bicyclic) bond motifs is 2. The molecular weight excluding hydrogens is 1040 g/mol. The highest BCUT2D eigenvalue weighted by atomic mass is 35.5. The number of aromatic amines is 1. The fraction of sp³-hybridized carbons (Fsp3) is 0.421. The van der Waals surface area contributed by atoms with Gasteiger partial charge in [-0.1, -0.05) is 67.6 Å². The Labute approximate surface area is 469 Å². The van der Waals surface area contributed by atoms with E-state index in [0.717, 1.165) is 55.3 Å². The first-order valence-electron chi connectivity index (χ1n) is 27.0. The molecule has 0 saturated carbocycles. The van der Waals surface area contributed by atoms with E-state index in [-0.39, 0.29) is 60.5 Å². The van der Waals surface area contributed by atoms with E-state index in [1.54, 1.807) is 54.4 Å². The summed E-state index contributed by atoms with van der Waals surface area (Å²) in [6.45, 7) is 6.17. The van der Waals surface area contributed by atoms with Crippen LogP contribution in [0.15, 0.2) is 83.8 Å². The van der Waals surface area contributed by atoms with E-state index in [2.05, 4.69) is 52.4 Å². The van der Waals surface area contributed by atoms with Crippen LogP contribution < -0.4 is 57.2 Å². The number of ether oxygens (including phenoxy) is 2. The number of hydrogen-bond donors (Lipinski definition) is 8. The second kappa shape index (κ2) is 26.6. The van der Waals surface area contributed by atoms with Gasteiger partial charge in [-0.25, -0.2) is 9.78 Å². The van der Waals surface area contributed by atoms with Gasteiger partial charge in [0.25, 0.3) is 17.4 Å². The van der Waals surface area contributed by atoms with Crippen molar-refractivity contribution in [3.63, 3.8) is 0 Å². The van der Waals surface area contributed by atoms with Gasteiger partial charge in [-0.2, -0.15) is 10.1 Å². The molecule has 23 heteroatoms. The van der Waals surface area contributed by atoms with Gasteiger partial charge >= 0.3 is 6.03 Å². The number of methoxy groups -OCH3 is 1. The van der Waals surface area contributed by atoms with E-state index in [9.17, 15) is 28.8 Å². The number of aryl methyl sites for hydroxylation is 1. The Hall–Kier alpha value is -8.24. The fourth-order valence-corrected chi connectivity index (χ4v) is 10.2. The highest BCUT2D eigenvalue weighted by Gasteiger charge is 2.44. The number of likely N-dealkylation sites (N-methyl/N-ethyl adjacent to an activating group) is 2. The normalized spacial score (nSPS) is 14.2. The third-order valence-corrected chi connectivity index (χ3v) is 14.9. The second-order valence-electron chi connectivity index (χ2n) is 20.5. The largest absolute Gasteiger partial charge is 0.494 e. The maximum Gasteiger partial charge on any atom is 0.319 e. The summed E-state index contributed by atoms with van der Waals surface area (Å²) in [6, 6.07) is 21.1. The number of anilines is 5. The number of aromatic nitrogens is 5. The van der Waals surface area contributed by atoms with Crippen LogP contribution in [0.3, 0.4) is 0 Å². The summed E-state index contributed by atoms with van der Waals surface area (Å²) in [5.74, 6) is 0.733. The lowest BCUT2D eigenvalue weighted by Crippen LogP contribution is -2.48. The first-order chi connectivity index (χ1) is 38.6. The predicted octanol–water partition coefficient (Wildman–Crippen LogP) is 7.26. The van der Waals surface area contributed by atoms with Gasteiger partial charge in [-0.3, -0.25) is 29.1 Å². The van der Waals surface area contributed by atoms with Crippen molar-refractivity contribution in [1.82, 2.24) is 50.9 Å². The third kappa shape index (κ3) is 14.0. The van der Waals surface area contributed by atoms with Crippen molar-refractivity contribution in [2.75, 3.05) is 74.8 Å². The van der Waals surface area contributed by atoms with Gasteiger partial charge in [0.2, 0.25) is 17.8 Å². The Morgan fingerprint density at radius 2 is 1.59 bits per heavy atom. The summed E-state index contributed by atoms with van der Waals surface area (Å²) in [7, 11) is 6.44. The van der Waals surface area contributed by atoms with Crippen molar-refractivity contribution in [3.05, 3.63) is 117 Å². The van der Waals surface area contributed by atoms with Crippen molar-refractivity contribution in [2.24, 2.45) is 13.0 Å². The maximum atomic E-state index is 13.7. The molecule has 2 aliphatic rings. The van der Waals surface area contributed by atoms with Crippen LogP contribution in [0.5, 0.6) is 11.5 Å². The number of nitrogens with one attached hydrogen (secondary N) is 8. The molecule has 0 spiro atoms. The van der Waals surface area contributed by atoms with Gasteiger partial charge in [0.1, 0.15) is 10.8 Å². The van der Waals surface area contributed by atoms with E-state index in [4.69, 9.17) is 26.1 Å². The molecule has 0 bridgehead atoms. The molecule has 1 saturated heterocycles. The van der Waals surface area contributed by atoms with Crippen molar-refractivity contribution in [1.29, 1.82) is 0 Å². The monoisotopic (exact) mass is 1110 g/mol. The molecule has 8 N–H and O–H groups in total. The number of rotatable bonds is 24. The molecule has 80 heavy (non-hydrogen) atoms. The minimum Gasteiger partial charge on any atom is -0.494 e. The van der Waals surface area contributed by atoms with Crippen molar-refractivity contribution in [3.8, 4) is 11.5 Å². The lowest BCUT2D eigenvalue weighted by molar-refractivity contribution is -0.125. The number of hydrogen-bond acceptors (Lipinski definition) is 14. The van der Waals surface area contributed by atoms with Crippen LogP contribution in [0.1, 0.15) is 105 Å². The molecule has 6 aromatic rings. The van der Waals surface area contributed by atoms with Gasteiger partial charge in [0.05, 0.1) is 42.6 Å². The molecule has 5 heterocycles. The third-order valence-electron chi connectivity index (χ3n) is 14.7. The van der Waals surface area contributed by atoms with Gasteiger partial charge in [-0.15, -0.1) is 0 Å². The Bertz CT molecular complexity index is 3230. The Kier molecular flexibility index (Phi) is 19.3. The average Bonchev–Trinajstić information content (AvgIpc) is 4.04. The molecular formula is C57H71ClN14O8. The van der Waals surface area contributed by atoms with Crippen LogP contribution >= 0.6 is 11.6 Å². The van der Waals surface area contributed by atoms with Gasteiger partial charge in [0, 0.05) is 86.6 Å². The smallest absolute Gasteiger partial charge is 0.319 e. The maximum absolute atomic E-state index is 13.7. The Morgan fingerprint density at radius 1 is 0.863 bits per heavy atom. The first kappa shape index (κ1) is 57.9. The lowest BCUT2D eigenvalue weighted by Gasteiger charge is -2.33. The van der Waals surface area contributed by atoms with Crippen LogP contribution in [0.2, 0.25) is 5.02 Å². The molecule has 2 aliphatic heterocycles. The number of amides is 6. The molecule has 424 valence electrons. The van der Waals surface area contributed by atoms with Crippen molar-refractivity contribution >= 4 is 81.1 Å². The SMILES string of the molecule is CNC[C@@H](NC(=O)N1Cc2c(NC(=O)c3ccc(NC(=O)CCCCCCCCNC(=O)C4CCN(c5ncc(Cl)c(Nc6cc(OC)c7c(c6)cc(OCC(=O)NC)c(=O)n7C)n5)CC4)cc3)n[nH]c2C1(C)C)c1ccccc1. The van der Waals surface area contributed by atoms with Crippen molar-refractivity contribution in [2.45, 2.75) is 89.8 Å². The highest BCUT2D eigenvalue weighted by molar-refractivity contribution is 6.33. The summed E-state index contributed by atoms with van der Waals surface area (Å²) in [5, 5.41) is 29.3. The Balaban J connectivity index is 0.700. The number of benzene rings is 3. The number of carbonyl (C=O) groups excluding carboxylic acids is 5. The summed E-state index contributed by atoms with van der Waals surface area (Å²) < 4.78 is 12.6. The molecule has 0 radical (unpaired) electrons. The number of nitrogens with zero attached hydrogens (tertiary/aromatic N) is 6. The number of carbonyl (C=O) groups is 5. The molecule has 1 atom stereocenters. The number of H-pyrrole nitrogens is 1. The number of halogens is 1. The van der Waals surface area contributed by atoms with Gasteiger partial charge in [0.15, 0.2) is 24.0 Å². The number of pyridine rings is 1. The standard InChI is InChI=1S/C57H71ClN14O8/c1-57(2)49-41(33-72(57)56(78)65-43(32-59-3)35-16-12-11-13-17-35)50(69-68-49)66-53(76)36-19-21-39(22-20-36)63-46(73)18-14-9-7-8-10-15-25-61-52(75)37-23-26-71(27-24-37)55-62-31-42(58)51(67-55)64-40-28-38-29-45(80-34-47(74)60-4)54(77)70(5)48(38)44(30-40)79-6/h11-13,16-17,19-22,28-31,37,43,59H,7-10,14-15,18,23-27,32-34H2,1-6H3,(H,60,74)(H,61,75)(H,63,73)(H,65,78)(H,62,64,67)(H2,66,68,69,76)/t43-/m1/s1. The molecule has 22 nitrogen and oxygen atoms in total. The fourth-order valence-electron chi connectivity index (χ4n) is 10.1. The number of unbranched alkanes of at least 4 members (excludes halogenated alkanes) is 5. The van der Waals surface area contributed by atoms with Gasteiger partial charge < -0.3 is 61.1 Å². The predicted molar refractivity (Wildman–Crippen MR) is 308 cm³/mol. The topological polar surface area (TPSA) is 271 Å². The van der Waals surface area contributed by atoms with E-state index >= 15 is 0 Å². The van der Waals surface area contributed by atoms with E-state index < -0.39 is 11.1 Å². The quantitative estimate of drug-likeness (QED) is 0.0277. The van der Waals surface area contributed by atoms with E-state index in [1.807, 2.05) is 56.1 Å². The molecule has 0 unspecified atom stereocenters. The highest BCUT2D eigenvalue weighted by Crippen LogP contribution is 2.41. The zero-order valence-corrected chi connectivity index (χ0v) is 46.9. The molecule has 8 rings (SSSR count). The van der Waals surface area contributed by atoms with Crippen LogP contribution in [0.4, 0.5) is 33.8 Å². The lowest BCUT2D eigenvalue weighted by atomic mass is 9.96. The van der Waals surface area contributed by atoms with Crippen LogP contribution in [0, 0.1) is 5.92 Å². The molecule has 3 aromatic carbocycles. The average molecular weight is 1120 g/mol. The Morgan fingerprint density at radius 3 is 2.30 bits per heavy atom. The first-order valence-corrected chi connectivity index (χ1v) is 27.4. The van der Waals surface area contributed by atoms with Crippen molar-refractivity contribution < 1.29 is 33.4 Å². The van der Waals surface area contributed by atoms with Crippen LogP contribution in [-0.2, 0) is 33.5 Å². The van der Waals surface area contributed by atoms with E-state index in [1.165, 1.54) is 24.9 Å². The molecule has 1 fully saturated rings. The van der Waals surface area contributed by atoms with E-state index in [0.29, 0.717) is 102 Å². The molecule has 0 aliphatic carbocycles. The summed E-state index contributed by atoms with van der Waals surface area (Å²) >= 11 is 6.57. The molecule has 3 aromatic heterocycles. The minimum absolute atomic E-state index is 0.0115.